The number of nitrogens with zero attached hydrogens (tertiary/aromatic N) is 3. The van der Waals surface area contributed by atoms with Crippen molar-refractivity contribution in [3.05, 3.63) is 29.9 Å². The molecule has 2 heterocycles. The highest BCUT2D eigenvalue weighted by Gasteiger charge is 2.32. The Morgan fingerprint density at radius 2 is 2.11 bits per heavy atom. The summed E-state index contributed by atoms with van der Waals surface area (Å²) in [5.74, 6) is -1.53. The van der Waals surface area contributed by atoms with Crippen LogP contribution < -0.4 is 0 Å². The van der Waals surface area contributed by atoms with Crippen LogP contribution in [0.3, 0.4) is 0 Å². The third-order valence-corrected chi connectivity index (χ3v) is 3.52. The number of hydrogen-bond donors (Lipinski definition) is 0. The van der Waals surface area contributed by atoms with Gasteiger partial charge in [-0.25, -0.2) is 4.39 Å². The molecule has 0 N–H and O–H groups in total. The van der Waals surface area contributed by atoms with Gasteiger partial charge in [-0.15, -0.1) is 0 Å². The maximum Gasteiger partial charge on any atom is 0.282 e. The summed E-state index contributed by atoms with van der Waals surface area (Å²) >= 11 is 0. The standard InChI is InChI=1S/C14H20FN3O/c1-9(15)13(19)17-6-7-18-11(10(17)2)8-12(16-18)14(3,4)5/h8,10H,1,6-7H2,2-5H3. The second-order valence-corrected chi connectivity index (χ2v) is 6.01. The average Bonchev–Trinajstić information content (AvgIpc) is 2.73. The first-order chi connectivity index (χ1) is 8.71. The fraction of sp³-hybridized carbons (Fsp3) is 0.571. The predicted octanol–water partition coefficient (Wildman–Crippen LogP) is 2.57. The maximum atomic E-state index is 13.0. The Kier molecular flexibility index (Phi) is 3.24. The Balaban J connectivity index is 2.34. The van der Waals surface area contributed by atoms with Gasteiger partial charge in [0.15, 0.2) is 5.83 Å². The zero-order valence-electron chi connectivity index (χ0n) is 11.9. The normalized spacial score (nSPS) is 19.2. The van der Waals surface area contributed by atoms with E-state index in [4.69, 9.17) is 0 Å². The third kappa shape index (κ3) is 2.41. The molecule has 1 aromatic rings. The number of halogens is 1. The van der Waals surface area contributed by atoms with Crippen LogP contribution in [0, 0.1) is 0 Å². The molecule has 5 heteroatoms. The molecule has 1 amide bonds. The molecule has 1 aliphatic heterocycles. The molecule has 0 aromatic carbocycles. The molecule has 0 radical (unpaired) electrons. The van der Waals surface area contributed by atoms with E-state index in [2.05, 4.69) is 32.4 Å². The minimum atomic E-state index is -0.907. The van der Waals surface area contributed by atoms with Crippen molar-refractivity contribution < 1.29 is 9.18 Å². The van der Waals surface area contributed by atoms with Gasteiger partial charge in [0.2, 0.25) is 0 Å². The Hall–Kier alpha value is -1.65. The number of hydrogen-bond acceptors (Lipinski definition) is 2. The molecule has 0 aliphatic carbocycles. The van der Waals surface area contributed by atoms with Crippen molar-refractivity contribution in [2.75, 3.05) is 6.54 Å². The lowest BCUT2D eigenvalue weighted by Gasteiger charge is -2.33. The molecular weight excluding hydrogens is 245 g/mol. The zero-order valence-corrected chi connectivity index (χ0v) is 11.9. The van der Waals surface area contributed by atoms with E-state index in [1.54, 1.807) is 0 Å². The van der Waals surface area contributed by atoms with Crippen LogP contribution in [0.1, 0.15) is 45.1 Å². The van der Waals surface area contributed by atoms with Crippen LogP contribution in [0.25, 0.3) is 0 Å². The van der Waals surface area contributed by atoms with Gasteiger partial charge in [0, 0.05) is 12.0 Å². The number of amides is 1. The Labute approximate surface area is 112 Å². The van der Waals surface area contributed by atoms with Gasteiger partial charge in [-0.3, -0.25) is 9.48 Å². The Morgan fingerprint density at radius 1 is 1.47 bits per heavy atom. The SMILES string of the molecule is C=C(F)C(=O)N1CCn2nc(C(C)(C)C)cc2C1C. The van der Waals surface area contributed by atoms with Crippen molar-refractivity contribution in [1.29, 1.82) is 0 Å². The molecule has 1 aliphatic rings. The first-order valence-electron chi connectivity index (χ1n) is 6.45. The lowest BCUT2D eigenvalue weighted by Crippen LogP contribution is -2.41. The highest BCUT2D eigenvalue weighted by atomic mass is 19.1. The summed E-state index contributed by atoms with van der Waals surface area (Å²) in [7, 11) is 0. The van der Waals surface area contributed by atoms with Crippen LogP contribution in [0.15, 0.2) is 18.5 Å². The highest BCUT2D eigenvalue weighted by Crippen LogP contribution is 2.30. The number of carbonyl (C=O) groups excluding carboxylic acids is 1. The van der Waals surface area contributed by atoms with E-state index in [1.807, 2.05) is 17.7 Å². The quantitative estimate of drug-likeness (QED) is 0.732. The summed E-state index contributed by atoms with van der Waals surface area (Å²) in [6.07, 6.45) is 0. The minimum absolute atomic E-state index is 0.0391. The summed E-state index contributed by atoms with van der Waals surface area (Å²) < 4.78 is 14.9. The van der Waals surface area contributed by atoms with Crippen LogP contribution >= 0.6 is 0 Å². The second kappa shape index (κ2) is 4.47. The summed E-state index contributed by atoms with van der Waals surface area (Å²) in [4.78, 5) is 13.2. The van der Waals surface area contributed by atoms with E-state index in [9.17, 15) is 9.18 Å². The van der Waals surface area contributed by atoms with E-state index in [-0.39, 0.29) is 11.5 Å². The van der Waals surface area contributed by atoms with E-state index >= 15 is 0 Å². The van der Waals surface area contributed by atoms with E-state index in [0.717, 1.165) is 11.4 Å². The Bertz CT molecular complexity index is 527. The first-order valence-corrected chi connectivity index (χ1v) is 6.45. The monoisotopic (exact) mass is 265 g/mol. The molecule has 0 spiro atoms. The fourth-order valence-corrected chi connectivity index (χ4v) is 2.30. The first kappa shape index (κ1) is 13.8. The smallest absolute Gasteiger partial charge is 0.282 e. The molecule has 0 fully saturated rings. The number of rotatable bonds is 1. The van der Waals surface area contributed by atoms with Crippen molar-refractivity contribution in [3.8, 4) is 0 Å². The van der Waals surface area contributed by atoms with Crippen molar-refractivity contribution in [3.63, 3.8) is 0 Å². The fourth-order valence-electron chi connectivity index (χ4n) is 2.30. The molecular formula is C14H20FN3O. The second-order valence-electron chi connectivity index (χ2n) is 6.01. The maximum absolute atomic E-state index is 13.0. The van der Waals surface area contributed by atoms with Crippen molar-refractivity contribution in [2.45, 2.75) is 45.7 Å². The molecule has 19 heavy (non-hydrogen) atoms. The molecule has 104 valence electrons. The zero-order chi connectivity index (χ0) is 14.4. The predicted molar refractivity (Wildman–Crippen MR) is 71.3 cm³/mol. The van der Waals surface area contributed by atoms with E-state index < -0.39 is 11.7 Å². The lowest BCUT2D eigenvalue weighted by molar-refractivity contribution is -0.131. The number of carbonyl (C=O) groups is 1. The summed E-state index contributed by atoms with van der Waals surface area (Å²) in [6.45, 7) is 12.3. The largest absolute Gasteiger partial charge is 0.326 e. The van der Waals surface area contributed by atoms with Crippen LogP contribution in [0.4, 0.5) is 4.39 Å². The number of fused-ring (bicyclic) bond motifs is 1. The molecule has 0 bridgehead atoms. The van der Waals surface area contributed by atoms with E-state index in [1.165, 1.54) is 4.90 Å². The molecule has 0 saturated heterocycles. The topological polar surface area (TPSA) is 38.1 Å². The Morgan fingerprint density at radius 3 is 2.63 bits per heavy atom. The van der Waals surface area contributed by atoms with Gasteiger partial charge in [0.25, 0.3) is 5.91 Å². The van der Waals surface area contributed by atoms with Crippen molar-refractivity contribution in [2.24, 2.45) is 0 Å². The molecule has 1 atom stereocenters. The highest BCUT2D eigenvalue weighted by molar-refractivity contribution is 5.90. The van der Waals surface area contributed by atoms with Crippen molar-refractivity contribution in [1.82, 2.24) is 14.7 Å². The van der Waals surface area contributed by atoms with Gasteiger partial charge < -0.3 is 4.90 Å². The molecule has 4 nitrogen and oxygen atoms in total. The molecule has 2 rings (SSSR count). The molecule has 1 aromatic heterocycles. The van der Waals surface area contributed by atoms with Gasteiger partial charge in [-0.2, -0.15) is 5.10 Å². The number of aromatic nitrogens is 2. The van der Waals surface area contributed by atoms with Gasteiger partial charge in [-0.05, 0) is 13.0 Å². The van der Waals surface area contributed by atoms with Gasteiger partial charge in [-0.1, -0.05) is 27.4 Å². The van der Waals surface area contributed by atoms with Gasteiger partial charge in [0.1, 0.15) is 0 Å². The van der Waals surface area contributed by atoms with Crippen LogP contribution in [0.5, 0.6) is 0 Å². The van der Waals surface area contributed by atoms with E-state index in [0.29, 0.717) is 13.1 Å². The average molecular weight is 265 g/mol. The van der Waals surface area contributed by atoms with Crippen LogP contribution in [-0.2, 0) is 16.8 Å². The summed E-state index contributed by atoms with van der Waals surface area (Å²) in [5, 5.41) is 4.57. The van der Waals surface area contributed by atoms with Gasteiger partial charge in [0.05, 0.1) is 24.0 Å². The summed E-state index contributed by atoms with van der Waals surface area (Å²) in [6, 6.07) is 1.82. The lowest BCUT2D eigenvalue weighted by atomic mass is 9.92. The molecule has 0 saturated carbocycles. The van der Waals surface area contributed by atoms with Gasteiger partial charge >= 0.3 is 0 Å². The van der Waals surface area contributed by atoms with Crippen LogP contribution in [0.2, 0.25) is 0 Å². The third-order valence-electron chi connectivity index (χ3n) is 3.52. The summed E-state index contributed by atoms with van der Waals surface area (Å²) in [5.41, 5.74) is 1.90. The van der Waals surface area contributed by atoms with Crippen LogP contribution in [-0.4, -0.2) is 27.1 Å². The van der Waals surface area contributed by atoms with Crippen molar-refractivity contribution >= 4 is 5.91 Å². The minimum Gasteiger partial charge on any atom is -0.326 e. The molecule has 1 unspecified atom stereocenters.